The fourth-order valence-corrected chi connectivity index (χ4v) is 3.50. The molecule has 0 spiro atoms. The van der Waals surface area contributed by atoms with Crippen LogP contribution in [0, 0.1) is 0 Å². The minimum atomic E-state index is 0.408. The fourth-order valence-electron chi connectivity index (χ4n) is 3.50. The van der Waals surface area contributed by atoms with Crippen molar-refractivity contribution < 1.29 is 4.42 Å². The second kappa shape index (κ2) is 5.81. The molecule has 1 fully saturated rings. The maximum atomic E-state index is 5.66. The van der Waals surface area contributed by atoms with Crippen LogP contribution in [0.25, 0.3) is 17.0 Å². The van der Waals surface area contributed by atoms with Crippen LogP contribution < -0.4 is 0 Å². The van der Waals surface area contributed by atoms with Gasteiger partial charge in [-0.2, -0.15) is 0 Å². The van der Waals surface area contributed by atoms with Crippen LogP contribution in [-0.2, 0) is 0 Å². The van der Waals surface area contributed by atoms with Gasteiger partial charge >= 0.3 is 0 Å². The third-order valence-electron chi connectivity index (χ3n) is 4.72. The summed E-state index contributed by atoms with van der Waals surface area (Å²) in [6, 6.07) is 8.41. The largest absolute Gasteiger partial charge is 0.448 e. The average Bonchev–Trinajstić information content (AvgIpc) is 3.21. The lowest BCUT2D eigenvalue weighted by atomic mass is 9.96. The zero-order valence-corrected chi connectivity index (χ0v) is 13.6. The molecule has 0 aromatic carbocycles. The number of piperidine rings is 1. The molecule has 1 aliphatic heterocycles. The summed E-state index contributed by atoms with van der Waals surface area (Å²) in [5.41, 5.74) is 1.81. The minimum Gasteiger partial charge on any atom is -0.448 e. The number of nitrogens with zero attached hydrogens (tertiary/aromatic N) is 4. The summed E-state index contributed by atoms with van der Waals surface area (Å²) in [4.78, 5) is 12.0. The topological polar surface area (TPSA) is 47.1 Å². The maximum absolute atomic E-state index is 5.66. The Morgan fingerprint density at radius 1 is 1.26 bits per heavy atom. The first-order valence-corrected chi connectivity index (χ1v) is 8.35. The van der Waals surface area contributed by atoms with Gasteiger partial charge in [-0.3, -0.25) is 0 Å². The van der Waals surface area contributed by atoms with Gasteiger partial charge in [-0.25, -0.2) is 14.5 Å². The second-order valence-corrected chi connectivity index (χ2v) is 6.53. The number of pyridine rings is 1. The summed E-state index contributed by atoms with van der Waals surface area (Å²) in [6.45, 7) is 6.74. The maximum Gasteiger partial charge on any atom is 0.206 e. The summed E-state index contributed by atoms with van der Waals surface area (Å²) in [7, 11) is 0. The summed E-state index contributed by atoms with van der Waals surface area (Å²) < 4.78 is 7.75. The van der Waals surface area contributed by atoms with Crippen LogP contribution in [0.5, 0.6) is 0 Å². The molecule has 5 nitrogen and oxygen atoms in total. The zero-order chi connectivity index (χ0) is 15.8. The number of imidazole rings is 1. The van der Waals surface area contributed by atoms with Crippen molar-refractivity contribution in [1.82, 2.24) is 19.4 Å². The fraction of sp³-hybridized carbons (Fsp3) is 0.444. The Morgan fingerprint density at radius 3 is 2.96 bits per heavy atom. The molecule has 3 aromatic rings. The van der Waals surface area contributed by atoms with Crippen molar-refractivity contribution in [2.24, 2.45) is 0 Å². The molecule has 5 heteroatoms. The predicted octanol–water partition coefficient (Wildman–Crippen LogP) is 3.60. The van der Waals surface area contributed by atoms with E-state index in [0.29, 0.717) is 12.0 Å². The molecule has 1 unspecified atom stereocenters. The van der Waals surface area contributed by atoms with Crippen molar-refractivity contribution >= 4 is 11.2 Å². The van der Waals surface area contributed by atoms with E-state index in [4.69, 9.17) is 9.40 Å². The molecule has 1 saturated heterocycles. The average molecular weight is 310 g/mol. The smallest absolute Gasteiger partial charge is 0.206 e. The van der Waals surface area contributed by atoms with Gasteiger partial charge in [-0.15, -0.1) is 0 Å². The predicted molar refractivity (Wildman–Crippen MR) is 89.8 cm³/mol. The van der Waals surface area contributed by atoms with E-state index in [-0.39, 0.29) is 0 Å². The molecule has 0 saturated carbocycles. The summed E-state index contributed by atoms with van der Waals surface area (Å²) >= 11 is 0. The van der Waals surface area contributed by atoms with E-state index in [0.717, 1.165) is 35.8 Å². The lowest BCUT2D eigenvalue weighted by Gasteiger charge is -2.35. The van der Waals surface area contributed by atoms with Gasteiger partial charge in [-0.05, 0) is 51.4 Å². The molecular formula is C18H22N4O. The van der Waals surface area contributed by atoms with E-state index >= 15 is 0 Å². The van der Waals surface area contributed by atoms with Gasteiger partial charge < -0.3 is 9.32 Å². The Morgan fingerprint density at radius 2 is 2.17 bits per heavy atom. The number of likely N-dealkylation sites (tertiary alicyclic amines) is 1. The van der Waals surface area contributed by atoms with Gasteiger partial charge in [0.2, 0.25) is 5.88 Å². The Balaban J connectivity index is 1.82. The van der Waals surface area contributed by atoms with Crippen molar-refractivity contribution in [3.63, 3.8) is 0 Å². The van der Waals surface area contributed by atoms with Gasteiger partial charge in [0.05, 0.1) is 6.26 Å². The first-order valence-electron chi connectivity index (χ1n) is 8.35. The quantitative estimate of drug-likeness (QED) is 0.741. The van der Waals surface area contributed by atoms with Gasteiger partial charge in [0.15, 0.2) is 5.65 Å². The van der Waals surface area contributed by atoms with Crippen LogP contribution in [0.15, 0.2) is 41.1 Å². The first kappa shape index (κ1) is 14.5. The highest BCUT2D eigenvalue weighted by molar-refractivity contribution is 5.73. The van der Waals surface area contributed by atoms with E-state index in [1.807, 2.05) is 30.5 Å². The Kier molecular flexibility index (Phi) is 3.65. The van der Waals surface area contributed by atoms with Crippen LogP contribution in [0.4, 0.5) is 0 Å². The molecule has 0 radical (unpaired) electrons. The highest BCUT2D eigenvalue weighted by Gasteiger charge is 2.28. The third-order valence-corrected chi connectivity index (χ3v) is 4.72. The molecule has 120 valence electrons. The lowest BCUT2D eigenvalue weighted by molar-refractivity contribution is 0.164. The van der Waals surface area contributed by atoms with E-state index in [2.05, 4.69) is 28.3 Å². The van der Waals surface area contributed by atoms with Crippen LogP contribution in [0.2, 0.25) is 0 Å². The SMILES string of the molecule is CC(C)N1CCCC(c2nc3cccnc3n2-c2ccco2)C1. The van der Waals surface area contributed by atoms with Crippen LogP contribution >= 0.6 is 0 Å². The van der Waals surface area contributed by atoms with E-state index in [9.17, 15) is 0 Å². The number of hydrogen-bond donors (Lipinski definition) is 0. The van der Waals surface area contributed by atoms with Gasteiger partial charge in [0.25, 0.3) is 0 Å². The highest BCUT2D eigenvalue weighted by atomic mass is 16.3. The number of furan rings is 1. The van der Waals surface area contributed by atoms with E-state index in [1.54, 1.807) is 6.26 Å². The molecule has 0 N–H and O–H groups in total. The molecule has 4 rings (SSSR count). The molecule has 0 bridgehead atoms. The number of aromatic nitrogens is 3. The third kappa shape index (κ3) is 2.55. The van der Waals surface area contributed by atoms with Gasteiger partial charge in [0.1, 0.15) is 11.3 Å². The lowest BCUT2D eigenvalue weighted by Crippen LogP contribution is -2.39. The number of hydrogen-bond acceptors (Lipinski definition) is 4. The summed E-state index contributed by atoms with van der Waals surface area (Å²) in [5, 5.41) is 0. The van der Waals surface area contributed by atoms with Crippen LogP contribution in [0.3, 0.4) is 0 Å². The second-order valence-electron chi connectivity index (χ2n) is 6.53. The van der Waals surface area contributed by atoms with Crippen LogP contribution in [-0.4, -0.2) is 38.6 Å². The Labute approximate surface area is 135 Å². The van der Waals surface area contributed by atoms with Crippen molar-refractivity contribution in [3.05, 3.63) is 42.5 Å². The molecule has 0 aliphatic carbocycles. The number of rotatable bonds is 3. The standard InChI is InChI=1S/C18H22N4O/c1-13(2)21-10-4-6-14(12-21)17-20-15-7-3-9-19-18(15)22(17)16-8-5-11-23-16/h3,5,7-9,11,13-14H,4,6,10,12H2,1-2H3. The molecular weight excluding hydrogens is 288 g/mol. The Bertz CT molecular complexity index is 791. The molecule has 23 heavy (non-hydrogen) atoms. The summed E-state index contributed by atoms with van der Waals surface area (Å²) in [6.07, 6.45) is 5.88. The van der Waals surface area contributed by atoms with E-state index in [1.165, 1.54) is 13.0 Å². The molecule has 0 amide bonds. The van der Waals surface area contributed by atoms with Crippen molar-refractivity contribution in [2.45, 2.75) is 38.6 Å². The molecule has 3 aromatic heterocycles. The van der Waals surface area contributed by atoms with Gasteiger partial charge in [-0.1, -0.05) is 0 Å². The zero-order valence-electron chi connectivity index (χ0n) is 13.6. The monoisotopic (exact) mass is 310 g/mol. The number of fused-ring (bicyclic) bond motifs is 1. The molecule has 4 heterocycles. The molecule has 1 aliphatic rings. The van der Waals surface area contributed by atoms with Crippen molar-refractivity contribution in [1.29, 1.82) is 0 Å². The van der Waals surface area contributed by atoms with Crippen molar-refractivity contribution in [3.8, 4) is 5.88 Å². The van der Waals surface area contributed by atoms with Gasteiger partial charge in [0, 0.05) is 30.8 Å². The minimum absolute atomic E-state index is 0.408. The highest BCUT2D eigenvalue weighted by Crippen LogP contribution is 2.31. The van der Waals surface area contributed by atoms with Crippen LogP contribution in [0.1, 0.15) is 38.4 Å². The first-order chi connectivity index (χ1) is 11.2. The van der Waals surface area contributed by atoms with Crippen molar-refractivity contribution in [2.75, 3.05) is 13.1 Å². The Hall–Kier alpha value is -2.14. The summed E-state index contributed by atoms with van der Waals surface area (Å²) in [5.74, 6) is 2.27. The molecule has 1 atom stereocenters. The normalized spacial score (nSPS) is 19.7. The van der Waals surface area contributed by atoms with E-state index < -0.39 is 0 Å².